The van der Waals surface area contributed by atoms with Crippen LogP contribution in [0.2, 0.25) is 0 Å². The second kappa shape index (κ2) is 3.03. The third-order valence-corrected chi connectivity index (χ3v) is 1.27. The Labute approximate surface area is 63.7 Å². The van der Waals surface area contributed by atoms with Crippen molar-refractivity contribution in [3.05, 3.63) is 29.8 Å². The zero-order valence-electron chi connectivity index (χ0n) is 5.78. The molecule has 4 heteroatoms. The van der Waals surface area contributed by atoms with Gasteiger partial charge in [-0.15, -0.1) is 0 Å². The Hall–Kier alpha value is -1.55. The van der Waals surface area contributed by atoms with E-state index in [-0.39, 0.29) is 0 Å². The first kappa shape index (κ1) is 7.56. The SMILES string of the molecule is NOc1ccc(C(N)=O)cc1. The molecule has 0 atom stereocenters. The smallest absolute Gasteiger partial charge is 0.248 e. The molecule has 1 rings (SSSR count). The summed E-state index contributed by atoms with van der Waals surface area (Å²) >= 11 is 0. The fourth-order valence-electron chi connectivity index (χ4n) is 0.698. The van der Waals surface area contributed by atoms with Crippen LogP contribution in [-0.4, -0.2) is 5.91 Å². The molecule has 11 heavy (non-hydrogen) atoms. The minimum atomic E-state index is -0.464. The molecule has 0 saturated heterocycles. The highest BCUT2D eigenvalue weighted by Crippen LogP contribution is 2.09. The third-order valence-electron chi connectivity index (χ3n) is 1.27. The van der Waals surface area contributed by atoms with Gasteiger partial charge < -0.3 is 10.6 Å². The summed E-state index contributed by atoms with van der Waals surface area (Å²) in [4.78, 5) is 14.9. The van der Waals surface area contributed by atoms with Gasteiger partial charge in [-0.05, 0) is 24.3 Å². The summed E-state index contributed by atoms with van der Waals surface area (Å²) in [5.41, 5.74) is 5.43. The van der Waals surface area contributed by atoms with E-state index >= 15 is 0 Å². The lowest BCUT2D eigenvalue weighted by atomic mass is 10.2. The lowest BCUT2D eigenvalue weighted by Gasteiger charge is -1.97. The van der Waals surface area contributed by atoms with Gasteiger partial charge in [0, 0.05) is 5.56 Å². The quantitative estimate of drug-likeness (QED) is 0.587. The molecule has 0 heterocycles. The van der Waals surface area contributed by atoms with Gasteiger partial charge in [-0.2, -0.15) is 5.90 Å². The molecule has 0 aromatic heterocycles. The molecule has 1 aromatic carbocycles. The molecule has 0 spiro atoms. The number of primary amides is 1. The molecule has 1 amide bonds. The van der Waals surface area contributed by atoms with Gasteiger partial charge in [0.15, 0.2) is 0 Å². The minimum absolute atomic E-state index is 0.436. The molecule has 4 nitrogen and oxygen atoms in total. The van der Waals surface area contributed by atoms with E-state index in [9.17, 15) is 4.79 Å². The van der Waals surface area contributed by atoms with Crippen LogP contribution in [0.15, 0.2) is 24.3 Å². The van der Waals surface area contributed by atoms with Crippen molar-refractivity contribution < 1.29 is 9.63 Å². The maximum Gasteiger partial charge on any atom is 0.248 e. The van der Waals surface area contributed by atoms with E-state index in [4.69, 9.17) is 11.6 Å². The summed E-state index contributed by atoms with van der Waals surface area (Å²) in [7, 11) is 0. The van der Waals surface area contributed by atoms with Gasteiger partial charge in [0.25, 0.3) is 0 Å². The fourth-order valence-corrected chi connectivity index (χ4v) is 0.698. The Balaban J connectivity index is 2.91. The van der Waals surface area contributed by atoms with Crippen molar-refractivity contribution in [2.75, 3.05) is 0 Å². The van der Waals surface area contributed by atoms with Crippen molar-refractivity contribution in [3.63, 3.8) is 0 Å². The van der Waals surface area contributed by atoms with Crippen molar-refractivity contribution in [2.24, 2.45) is 11.6 Å². The Morgan fingerprint density at radius 1 is 1.27 bits per heavy atom. The van der Waals surface area contributed by atoms with Crippen LogP contribution in [0.4, 0.5) is 0 Å². The molecule has 0 saturated carbocycles. The summed E-state index contributed by atoms with van der Waals surface area (Å²) in [6.07, 6.45) is 0. The number of benzene rings is 1. The Bertz CT molecular complexity index is 256. The normalized spacial score (nSPS) is 9.18. The minimum Gasteiger partial charge on any atom is -0.412 e. The molecule has 0 fully saturated rings. The highest BCUT2D eigenvalue weighted by molar-refractivity contribution is 5.92. The number of nitrogens with two attached hydrogens (primary N) is 2. The van der Waals surface area contributed by atoms with Gasteiger partial charge in [-0.1, -0.05) is 0 Å². The summed E-state index contributed by atoms with van der Waals surface area (Å²) in [5, 5.41) is 0. The number of carbonyl (C=O) groups is 1. The number of hydrogen-bond acceptors (Lipinski definition) is 3. The highest BCUT2D eigenvalue weighted by atomic mass is 16.6. The standard InChI is InChI=1S/C7H8N2O2/c8-7(10)5-1-3-6(11-9)4-2-5/h1-4H,9H2,(H2,8,10). The average molecular weight is 152 g/mol. The first-order valence-corrected chi connectivity index (χ1v) is 3.00. The largest absolute Gasteiger partial charge is 0.412 e. The topological polar surface area (TPSA) is 78.3 Å². The predicted molar refractivity (Wildman–Crippen MR) is 39.8 cm³/mol. The van der Waals surface area contributed by atoms with Crippen molar-refractivity contribution in [1.29, 1.82) is 0 Å². The van der Waals surface area contributed by atoms with Crippen molar-refractivity contribution in [2.45, 2.75) is 0 Å². The van der Waals surface area contributed by atoms with Gasteiger partial charge in [-0.25, -0.2) is 0 Å². The van der Waals surface area contributed by atoms with Gasteiger partial charge in [0.2, 0.25) is 5.91 Å². The second-order valence-corrected chi connectivity index (χ2v) is 2.01. The van der Waals surface area contributed by atoms with E-state index in [0.29, 0.717) is 11.3 Å². The van der Waals surface area contributed by atoms with Crippen LogP contribution in [0.3, 0.4) is 0 Å². The van der Waals surface area contributed by atoms with Gasteiger partial charge in [-0.3, -0.25) is 4.79 Å². The predicted octanol–water partition coefficient (Wildman–Crippen LogP) is 0.0380. The van der Waals surface area contributed by atoms with E-state index in [0.717, 1.165) is 0 Å². The highest BCUT2D eigenvalue weighted by Gasteiger charge is 1.98. The van der Waals surface area contributed by atoms with Crippen LogP contribution in [0.5, 0.6) is 5.75 Å². The Kier molecular flexibility index (Phi) is 2.08. The van der Waals surface area contributed by atoms with Crippen LogP contribution >= 0.6 is 0 Å². The van der Waals surface area contributed by atoms with Crippen LogP contribution < -0.4 is 16.5 Å². The van der Waals surface area contributed by atoms with E-state index in [1.165, 1.54) is 0 Å². The van der Waals surface area contributed by atoms with E-state index in [2.05, 4.69) is 4.84 Å². The van der Waals surface area contributed by atoms with Crippen molar-refractivity contribution >= 4 is 5.91 Å². The molecular weight excluding hydrogens is 144 g/mol. The average Bonchev–Trinajstić information content (AvgIpc) is 2.05. The zero-order valence-corrected chi connectivity index (χ0v) is 5.78. The van der Waals surface area contributed by atoms with Crippen LogP contribution in [0.1, 0.15) is 10.4 Å². The number of hydrogen-bond donors (Lipinski definition) is 2. The van der Waals surface area contributed by atoms with Gasteiger partial charge in [0.1, 0.15) is 5.75 Å². The molecule has 4 N–H and O–H groups in total. The summed E-state index contributed by atoms with van der Waals surface area (Å²) < 4.78 is 0. The fraction of sp³-hybridized carbons (Fsp3) is 0. The molecular formula is C7H8N2O2. The Morgan fingerprint density at radius 2 is 1.82 bits per heavy atom. The monoisotopic (exact) mass is 152 g/mol. The lowest BCUT2D eigenvalue weighted by Crippen LogP contribution is -2.10. The molecule has 0 aliphatic carbocycles. The van der Waals surface area contributed by atoms with E-state index < -0.39 is 5.91 Å². The maximum absolute atomic E-state index is 10.6. The molecule has 0 radical (unpaired) electrons. The number of carbonyl (C=O) groups excluding carboxylic acids is 1. The summed E-state index contributed by atoms with van der Waals surface area (Å²) in [6.45, 7) is 0. The van der Waals surface area contributed by atoms with Crippen molar-refractivity contribution in [3.8, 4) is 5.75 Å². The summed E-state index contributed by atoms with van der Waals surface area (Å²) in [6, 6.07) is 6.23. The summed E-state index contributed by atoms with van der Waals surface area (Å²) in [5.74, 6) is 4.89. The van der Waals surface area contributed by atoms with Crippen LogP contribution in [-0.2, 0) is 0 Å². The molecule has 1 aromatic rings. The molecule has 0 unspecified atom stereocenters. The van der Waals surface area contributed by atoms with E-state index in [1.807, 2.05) is 0 Å². The first-order chi connectivity index (χ1) is 5.24. The maximum atomic E-state index is 10.6. The molecule has 58 valence electrons. The second-order valence-electron chi connectivity index (χ2n) is 2.01. The lowest BCUT2D eigenvalue weighted by molar-refractivity contribution is 0.100. The first-order valence-electron chi connectivity index (χ1n) is 3.00. The Morgan fingerprint density at radius 3 is 2.18 bits per heavy atom. The van der Waals surface area contributed by atoms with Crippen LogP contribution in [0, 0.1) is 0 Å². The van der Waals surface area contributed by atoms with Crippen molar-refractivity contribution in [1.82, 2.24) is 0 Å². The molecule has 0 bridgehead atoms. The number of rotatable bonds is 2. The zero-order chi connectivity index (χ0) is 8.27. The number of amides is 1. The molecule has 0 aliphatic heterocycles. The van der Waals surface area contributed by atoms with E-state index in [1.54, 1.807) is 24.3 Å². The van der Waals surface area contributed by atoms with Gasteiger partial charge in [0.05, 0.1) is 0 Å². The molecule has 0 aliphatic rings. The third kappa shape index (κ3) is 1.68. The van der Waals surface area contributed by atoms with Crippen LogP contribution in [0.25, 0.3) is 0 Å². The van der Waals surface area contributed by atoms with Gasteiger partial charge >= 0.3 is 0 Å².